The van der Waals surface area contributed by atoms with Crippen molar-refractivity contribution in [3.05, 3.63) is 163 Å². The number of nitrogens with zero attached hydrogens (tertiary/aromatic N) is 3. The number of furan rings is 1. The zero-order valence-electron chi connectivity index (χ0n) is 50.2. The van der Waals surface area contributed by atoms with Crippen molar-refractivity contribution < 1.29 is 41.4 Å². The zero-order valence-corrected chi connectivity index (χ0v) is 23.2. The molecule has 0 radical (unpaired) electrons. The van der Waals surface area contributed by atoms with Gasteiger partial charge in [-0.3, -0.25) is 0 Å². The molecule has 0 aliphatic carbocycles. The first-order valence-corrected chi connectivity index (χ1v) is 13.5. The summed E-state index contributed by atoms with van der Waals surface area (Å²) >= 11 is 0. The third-order valence-electron chi connectivity index (χ3n) is 6.69. The number of fused-ring (bicyclic) bond motifs is 4. The van der Waals surface area contributed by atoms with Gasteiger partial charge in [-0.2, -0.15) is 0 Å². The van der Waals surface area contributed by atoms with Crippen LogP contribution in [0.3, 0.4) is 0 Å². The molecule has 220 valence electrons. The number of aromatic nitrogens is 3. The molecule has 47 heavy (non-hydrogen) atoms. The fourth-order valence-electron chi connectivity index (χ4n) is 4.60. The van der Waals surface area contributed by atoms with E-state index in [2.05, 4.69) is 15.0 Å². The summed E-state index contributed by atoms with van der Waals surface area (Å²) in [6.07, 6.45) is 0. The summed E-state index contributed by atoms with van der Waals surface area (Å²) in [6.45, 7) is 0. The maximum Gasteiger partial charge on any atom is 0.164 e. The Hall–Kier alpha value is -6.39. The highest BCUT2D eigenvalue weighted by Gasteiger charge is 2.16. The molecular weight excluding hydrogens is 574 g/mol. The topological polar surface area (TPSA) is 51.8 Å². The summed E-state index contributed by atoms with van der Waals surface area (Å²) in [5.41, 5.74) is -7.18. The molecule has 0 aliphatic heterocycles. The molecule has 7 aromatic carbocycles. The van der Waals surface area contributed by atoms with E-state index in [-0.39, 0.29) is 0 Å². The quantitative estimate of drug-likeness (QED) is 0.190. The fourth-order valence-corrected chi connectivity index (χ4v) is 4.60. The van der Waals surface area contributed by atoms with Crippen LogP contribution in [0.5, 0.6) is 0 Å². The Balaban J connectivity index is 1.53. The van der Waals surface area contributed by atoms with Crippen molar-refractivity contribution in [3.63, 3.8) is 0 Å². The molecule has 4 nitrogen and oxygen atoms in total. The van der Waals surface area contributed by atoms with Crippen LogP contribution >= 0.6 is 0 Å². The molecule has 9 rings (SSSR count). The van der Waals surface area contributed by atoms with Crippen LogP contribution in [0, 0.1) is 0 Å². The van der Waals surface area contributed by atoms with E-state index in [1.54, 1.807) is 0 Å². The van der Waals surface area contributed by atoms with Crippen molar-refractivity contribution >= 4 is 32.7 Å². The third kappa shape index (κ3) is 5.02. The molecule has 2 aromatic heterocycles. The summed E-state index contributed by atoms with van der Waals surface area (Å²) in [7, 11) is 0. The summed E-state index contributed by atoms with van der Waals surface area (Å²) in [4.78, 5) is 13.0. The van der Waals surface area contributed by atoms with Gasteiger partial charge in [0.25, 0.3) is 0 Å². The van der Waals surface area contributed by atoms with Gasteiger partial charge in [-0.1, -0.05) is 115 Å². The van der Waals surface area contributed by atoms with Crippen LogP contribution in [0.1, 0.15) is 37.0 Å². The SMILES string of the molecule is [2H]c1c([2H])c([2H])c(-c2nc(-c3c([2H])c(-c4c([2H])c([2H])c([2H])c([2H])c4[2H])c([2H])c(-c4c([2H])c([2H])c5c([2H])c([2H])c([2H])c([2H])c5c4[2H])c3[2H])nc(-c3c([2H])c([2H])c4oc5c([2H])c([2H])c([2H])c([2H])c5c4c3[2H])n2)c([2H])c1[2H]. The molecule has 0 saturated heterocycles. The average Bonchev–Trinajstić information content (AvgIpc) is 3.78. The van der Waals surface area contributed by atoms with Crippen molar-refractivity contribution in [1.29, 1.82) is 0 Å². The van der Waals surface area contributed by atoms with Crippen molar-refractivity contribution in [1.82, 2.24) is 15.0 Å². The average molecular weight is 629 g/mol. The zero-order chi connectivity index (χ0) is 54.7. The van der Waals surface area contributed by atoms with Crippen LogP contribution < -0.4 is 0 Å². The van der Waals surface area contributed by atoms with E-state index in [1.807, 2.05) is 0 Å². The van der Waals surface area contributed by atoms with Crippen molar-refractivity contribution in [3.8, 4) is 56.4 Å². The smallest absolute Gasteiger partial charge is 0.164 e. The maximum atomic E-state index is 9.78. The van der Waals surface area contributed by atoms with Gasteiger partial charge in [0, 0.05) is 27.5 Å². The van der Waals surface area contributed by atoms with Crippen LogP contribution in [0.2, 0.25) is 0 Å². The molecule has 0 saturated carbocycles. The Labute approximate surface area is 309 Å². The molecule has 2 heterocycles. The second-order valence-corrected chi connectivity index (χ2v) is 9.57. The normalized spacial score (nSPS) is 19.4. The molecule has 0 bridgehead atoms. The second kappa shape index (κ2) is 11.2. The van der Waals surface area contributed by atoms with E-state index in [1.165, 1.54) is 0 Å². The van der Waals surface area contributed by atoms with Gasteiger partial charge in [-0.15, -0.1) is 0 Å². The Morgan fingerprint density at radius 1 is 0.340 bits per heavy atom. The third-order valence-corrected chi connectivity index (χ3v) is 6.69. The van der Waals surface area contributed by atoms with Gasteiger partial charge in [-0.05, 0) is 81.4 Å². The lowest BCUT2D eigenvalue weighted by atomic mass is 9.94. The van der Waals surface area contributed by atoms with E-state index in [4.69, 9.17) is 33.2 Å². The molecule has 0 aliphatic rings. The first-order valence-electron chi connectivity index (χ1n) is 27.0. The minimum absolute atomic E-state index is 0.418. The van der Waals surface area contributed by atoms with Gasteiger partial charge >= 0.3 is 0 Å². The number of hydrogen-bond donors (Lipinski definition) is 0. The van der Waals surface area contributed by atoms with Crippen molar-refractivity contribution in [2.45, 2.75) is 0 Å². The lowest BCUT2D eigenvalue weighted by Gasteiger charge is -2.13. The molecule has 0 unspecified atom stereocenters. The van der Waals surface area contributed by atoms with E-state index >= 15 is 0 Å². The molecule has 0 amide bonds. The predicted octanol–water partition coefficient (Wildman–Crippen LogP) is 11.3. The summed E-state index contributed by atoms with van der Waals surface area (Å²) in [5.74, 6) is -2.78. The number of benzene rings is 7. The Morgan fingerprint density at radius 2 is 0.894 bits per heavy atom. The highest BCUT2D eigenvalue weighted by atomic mass is 16.3. The minimum Gasteiger partial charge on any atom is -0.456 e. The number of rotatable bonds is 5. The summed E-state index contributed by atoms with van der Waals surface area (Å²) < 4.78 is 243. The highest BCUT2D eigenvalue weighted by Crippen LogP contribution is 2.36. The molecule has 4 heteroatoms. The monoisotopic (exact) mass is 628 g/mol. The van der Waals surface area contributed by atoms with Crippen LogP contribution in [-0.2, 0) is 0 Å². The molecule has 0 atom stereocenters. The summed E-state index contributed by atoms with van der Waals surface area (Å²) in [5, 5.41) is -2.15. The standard InChI is InChI=1S/C43H27N3O/c1-3-11-28(12-4-1)34-24-35(32-20-19-29-13-7-8-16-31(29)23-32)26-36(25-34)43-45-41(30-14-5-2-6-15-30)44-42(46-43)33-21-22-40-38(27-33)37-17-9-10-18-39(37)47-40/h1-27H/i1D,2D,3D,4D,5D,6D,7D,8D,9D,10D,11D,12D,13D,14D,15D,16D,17D,18D,19D,20D,21D,22D,23D,24D,25D,26D,27D. The van der Waals surface area contributed by atoms with E-state index in [0.29, 0.717) is 0 Å². The number of hydrogen-bond acceptors (Lipinski definition) is 4. The molecular formula is C43H27N3O. The lowest BCUT2D eigenvalue weighted by Crippen LogP contribution is -2.00. The van der Waals surface area contributed by atoms with Crippen LogP contribution in [0.4, 0.5) is 0 Å². The van der Waals surface area contributed by atoms with Gasteiger partial charge < -0.3 is 4.42 Å². The van der Waals surface area contributed by atoms with Crippen LogP contribution in [0.25, 0.3) is 89.1 Å². The van der Waals surface area contributed by atoms with Crippen molar-refractivity contribution in [2.24, 2.45) is 0 Å². The first kappa shape index (κ1) is 11.1. The molecule has 0 N–H and O–H groups in total. The van der Waals surface area contributed by atoms with E-state index in [9.17, 15) is 8.22 Å². The van der Waals surface area contributed by atoms with Crippen LogP contribution in [-0.4, -0.2) is 15.0 Å². The Bertz CT molecular complexity index is 4060. The minimum atomic E-state index is -1.12. The number of para-hydroxylation sites is 1. The van der Waals surface area contributed by atoms with Crippen LogP contribution in [0.15, 0.2) is 168 Å². The van der Waals surface area contributed by atoms with Gasteiger partial charge in [-0.25, -0.2) is 15.0 Å². The van der Waals surface area contributed by atoms with Gasteiger partial charge in [0.05, 0.1) is 37.0 Å². The van der Waals surface area contributed by atoms with Gasteiger partial charge in [0.1, 0.15) is 11.2 Å². The van der Waals surface area contributed by atoms with E-state index < -0.39 is 252 Å². The second-order valence-electron chi connectivity index (χ2n) is 9.57. The molecule has 0 fully saturated rings. The largest absolute Gasteiger partial charge is 0.456 e. The highest BCUT2D eigenvalue weighted by molar-refractivity contribution is 6.06. The Kier molecular flexibility index (Phi) is 2.66. The van der Waals surface area contributed by atoms with Gasteiger partial charge in [0.2, 0.25) is 0 Å². The Morgan fingerprint density at radius 3 is 1.68 bits per heavy atom. The van der Waals surface area contributed by atoms with Gasteiger partial charge in [0.15, 0.2) is 17.5 Å². The molecule has 0 spiro atoms. The van der Waals surface area contributed by atoms with E-state index in [0.717, 1.165) is 0 Å². The maximum absolute atomic E-state index is 9.78. The lowest BCUT2D eigenvalue weighted by molar-refractivity contribution is 0.669. The fraction of sp³-hybridized carbons (Fsp3) is 0. The molecule has 9 aromatic rings. The van der Waals surface area contributed by atoms with Crippen molar-refractivity contribution in [2.75, 3.05) is 0 Å². The summed E-state index contributed by atoms with van der Waals surface area (Å²) in [6, 6.07) is -24.8. The predicted molar refractivity (Wildman–Crippen MR) is 192 cm³/mol. The first-order chi connectivity index (χ1) is 34.5.